The number of nitrogens with zero attached hydrogens (tertiary/aromatic N) is 3. The van der Waals surface area contributed by atoms with Crippen LogP contribution in [0.1, 0.15) is 106 Å². The number of nitrogen functional groups attached to an aromatic ring is 1. The standard InChI is InChI=1S/C77H120N18O41S2/c1-137-138-30-41(76(135)136)93-73(131)37(9-16-53(111)83-25-45(103)61(120)65(124)49(107)29-99)89-72(130)39(12-19-56(115)116)91-70(128)36(8-15-52(110)82-24-44(102)60(119)64(123)48(106)28-98)87-69(127)35(7-14-51(109)81-23-43(101)59(118)63(122)47(105)27-97)88-71(129)38(11-18-55(113)114)90-68(126)34(6-13-50(108)80-22-42(100)58(117)62(121)46(104)26-96)86-54(112)17-10-40(75(133)134)92-67(125)31-2-4-32(5-3-31)79-20-33-21-84-66-57(85-33)74(132)95-77(78)94-66/h2-5,21,34-49,58-65,79,96-107,117-124H,6-20,22-30H2,1H3,(H,80,108)(H,81,109)(H,82,110)(H,83,111)(H,86,112)(H,87,127)(H,88,129)(H,89,130)(H,90,126)(H,91,128)(H,92,125)(H,93,131)(H,113,114)(H,115,116)(H,133,134)(H,135,136)(H3,78,84,94,95,132)/t34-,35-,36-,37-,38-,39-,40-,41-,42-,43-,44-,45-,46+,47+,48+,49+,58+,59+,60+,61+,62+,63+,64+,65+/m0/s1. The van der Waals surface area contributed by atoms with Crippen LogP contribution in [0, 0.1) is 0 Å². The van der Waals surface area contributed by atoms with Crippen molar-refractivity contribution in [2.45, 2.75) is 242 Å². The van der Waals surface area contributed by atoms with E-state index in [9.17, 15) is 199 Å². The van der Waals surface area contributed by atoms with Crippen LogP contribution in [-0.4, -0.2) is 448 Å². The quantitative estimate of drug-likeness (QED) is 0.0233. The van der Waals surface area contributed by atoms with E-state index in [1.54, 1.807) is 0 Å². The molecule has 0 aliphatic heterocycles. The van der Waals surface area contributed by atoms with Gasteiger partial charge in [-0.15, -0.1) is 0 Å². The molecular formula is C77H120N18O41S2. The molecule has 40 N–H and O–H groups in total. The highest BCUT2D eigenvalue weighted by Gasteiger charge is 2.40. The maximum absolute atomic E-state index is 15.1. The third-order valence-corrected chi connectivity index (χ3v) is 22.2. The summed E-state index contributed by atoms with van der Waals surface area (Å²) in [5.74, 6) is -23.9. The summed E-state index contributed by atoms with van der Waals surface area (Å²) >= 11 is 0. The Balaban J connectivity index is 2.23. The number of amides is 12. The zero-order valence-corrected chi connectivity index (χ0v) is 75.3. The Morgan fingerprint density at radius 3 is 0.964 bits per heavy atom. The highest BCUT2D eigenvalue weighted by Crippen LogP contribution is 2.20. The van der Waals surface area contributed by atoms with E-state index in [1.807, 2.05) is 0 Å². The zero-order chi connectivity index (χ0) is 104. The third-order valence-electron chi connectivity index (χ3n) is 20.4. The van der Waals surface area contributed by atoms with Crippen LogP contribution in [0.3, 0.4) is 0 Å². The van der Waals surface area contributed by atoms with E-state index in [2.05, 4.69) is 89.1 Å². The number of nitrogens with one attached hydrogen (secondary N) is 14. The minimum atomic E-state index is -2.39. The van der Waals surface area contributed by atoms with Crippen LogP contribution >= 0.6 is 21.6 Å². The number of carboxylic acids is 4. The number of aliphatic hydroxyl groups excluding tert-OH is 20. The first-order chi connectivity index (χ1) is 64.9. The number of aliphatic hydroxyl groups is 20. The number of carbonyl (C=O) groups is 16. The number of aromatic amines is 1. The van der Waals surface area contributed by atoms with Crippen molar-refractivity contribution in [2.24, 2.45) is 0 Å². The summed E-state index contributed by atoms with van der Waals surface area (Å²) in [7, 11) is 1.95. The fourth-order valence-corrected chi connectivity index (χ4v) is 13.5. The zero-order valence-electron chi connectivity index (χ0n) is 73.6. The summed E-state index contributed by atoms with van der Waals surface area (Å²) < 4.78 is 0. The van der Waals surface area contributed by atoms with Crippen LogP contribution in [0.5, 0.6) is 0 Å². The van der Waals surface area contributed by atoms with Gasteiger partial charge in [0.15, 0.2) is 11.2 Å². The Morgan fingerprint density at radius 2 is 0.659 bits per heavy atom. The monoisotopic (exact) mass is 2020 g/mol. The molecule has 24 atom stereocenters. The number of rotatable bonds is 68. The topological polar surface area (TPSA) is 1010 Å². The van der Waals surface area contributed by atoms with Crippen molar-refractivity contribution in [1.29, 1.82) is 0 Å². The van der Waals surface area contributed by atoms with Crippen LogP contribution in [0.25, 0.3) is 11.2 Å². The lowest BCUT2D eigenvalue weighted by atomic mass is 10.0. The Morgan fingerprint density at radius 1 is 0.370 bits per heavy atom. The fraction of sp³-hybridized carbons (Fsp3) is 0.636. The van der Waals surface area contributed by atoms with Crippen molar-refractivity contribution in [3.05, 3.63) is 52.1 Å². The molecule has 0 aliphatic rings. The molecule has 0 bridgehead atoms. The normalized spacial score (nSPS) is 16.7. The molecule has 3 rings (SSSR count). The average Bonchev–Trinajstić information content (AvgIpc) is 0.807. The molecule has 138 heavy (non-hydrogen) atoms. The van der Waals surface area contributed by atoms with Crippen molar-refractivity contribution in [2.75, 3.05) is 75.7 Å². The fourth-order valence-electron chi connectivity index (χ4n) is 12.2. The van der Waals surface area contributed by atoms with Gasteiger partial charge in [-0.3, -0.25) is 76.9 Å². The van der Waals surface area contributed by atoms with E-state index in [-0.39, 0.29) is 40.7 Å². The lowest BCUT2D eigenvalue weighted by Crippen LogP contribution is -2.60. The summed E-state index contributed by atoms with van der Waals surface area (Å²) in [4.78, 5) is 246. The largest absolute Gasteiger partial charge is 0.481 e. The number of carbonyl (C=O) groups excluding carboxylic acids is 12. The molecule has 3 aromatic rings. The SMILES string of the molecule is CSSC[C@H](NC(=O)[C@H](CCC(=O)NC[C@H](O)[C@@H](O)[C@H](O)[C@H](O)CO)NC(=O)[C@H](CCC(=O)O)NC(=O)[C@H](CCC(=O)NC[C@H](O)[C@@H](O)[C@H](O)[C@H](O)CO)NC(=O)[C@H](CCC(=O)NC[C@H](O)[C@@H](O)[C@H](O)[C@H](O)CO)NC(=O)[C@H](CCC(=O)O)NC(=O)[C@H](CCC(=O)NC[C@H](O)[C@@H](O)[C@H](O)[C@H](O)CO)NC(=O)CC[C@H](NC(=O)c1ccc(NCc2cnc3nc(N)[nH]c(=O)c3n2)cc1)C(=O)O)C(=O)O. The molecule has 0 fully saturated rings. The molecule has 0 spiro atoms. The van der Waals surface area contributed by atoms with Gasteiger partial charge in [0, 0.05) is 88.1 Å². The summed E-state index contributed by atoms with van der Waals surface area (Å²) in [6, 6.07) is -12.0. The highest BCUT2D eigenvalue weighted by molar-refractivity contribution is 8.76. The number of benzene rings is 1. The van der Waals surface area contributed by atoms with Crippen molar-refractivity contribution in [1.82, 2.24) is 83.7 Å². The maximum Gasteiger partial charge on any atom is 0.327 e. The molecule has 2 heterocycles. The van der Waals surface area contributed by atoms with Crippen LogP contribution < -0.4 is 80.4 Å². The molecule has 12 amide bonds. The van der Waals surface area contributed by atoms with E-state index in [1.165, 1.54) is 36.7 Å². The van der Waals surface area contributed by atoms with Gasteiger partial charge >= 0.3 is 23.9 Å². The molecular weight excluding hydrogens is 1900 g/mol. The second kappa shape index (κ2) is 61.7. The number of fused-ring (bicyclic) bond motifs is 1. The Bertz CT molecular complexity index is 4560. The molecule has 59 nitrogen and oxygen atoms in total. The average molecular weight is 2020 g/mol. The summed E-state index contributed by atoms with van der Waals surface area (Å²) in [5, 5.41) is 269. The van der Waals surface area contributed by atoms with Gasteiger partial charge in [0.2, 0.25) is 70.9 Å². The first-order valence-electron chi connectivity index (χ1n) is 42.1. The van der Waals surface area contributed by atoms with Gasteiger partial charge in [-0.25, -0.2) is 19.6 Å². The highest BCUT2D eigenvalue weighted by atomic mass is 33.1. The van der Waals surface area contributed by atoms with Crippen LogP contribution in [0.4, 0.5) is 11.6 Å². The molecule has 0 saturated carbocycles. The Kier molecular flexibility index (Phi) is 53.9. The summed E-state index contributed by atoms with van der Waals surface area (Å²) in [6.45, 7) is -8.45. The minimum absolute atomic E-state index is 0.0262. The number of aliphatic carboxylic acids is 4. The van der Waals surface area contributed by atoms with Crippen LogP contribution in [-0.2, 0) is 78.5 Å². The Labute approximate surface area is 789 Å². The first kappa shape index (κ1) is 121. The van der Waals surface area contributed by atoms with Crippen LogP contribution in [0.15, 0.2) is 35.3 Å². The predicted octanol–water partition coefficient (Wildman–Crippen LogP) is -17.6. The minimum Gasteiger partial charge on any atom is -0.481 e. The number of anilines is 2. The lowest BCUT2D eigenvalue weighted by molar-refractivity contribution is -0.142. The number of hydrogen-bond donors (Lipinski definition) is 39. The first-order valence-corrected chi connectivity index (χ1v) is 44.9. The number of carboxylic acid groups (broad SMARTS) is 4. The number of nitrogens with two attached hydrogens (primary N) is 1. The second-order valence-electron chi connectivity index (χ2n) is 31.0. The number of hydrogen-bond acceptors (Lipinski definition) is 44. The summed E-state index contributed by atoms with van der Waals surface area (Å²) in [5.41, 5.74) is 5.22. The predicted molar refractivity (Wildman–Crippen MR) is 469 cm³/mol. The van der Waals surface area contributed by atoms with Gasteiger partial charge in [0.05, 0.1) is 69.3 Å². The van der Waals surface area contributed by atoms with Crippen molar-refractivity contribution >= 4 is 139 Å². The molecule has 2 aromatic heterocycles. The Hall–Kier alpha value is -11.5. The third kappa shape index (κ3) is 42.4. The molecule has 776 valence electrons. The molecule has 61 heteroatoms. The van der Waals surface area contributed by atoms with Gasteiger partial charge in [-0.1, -0.05) is 21.6 Å². The number of aromatic nitrogens is 4. The van der Waals surface area contributed by atoms with Crippen molar-refractivity contribution in [3.63, 3.8) is 0 Å². The van der Waals surface area contributed by atoms with Gasteiger partial charge in [-0.05, 0) is 75.5 Å². The van der Waals surface area contributed by atoms with E-state index < -0.39 is 389 Å². The molecule has 0 aliphatic carbocycles. The van der Waals surface area contributed by atoms with Gasteiger partial charge in [-0.2, -0.15) is 4.98 Å². The summed E-state index contributed by atoms with van der Waals surface area (Å²) in [6.07, 6.45) is -45.6. The van der Waals surface area contributed by atoms with E-state index in [4.69, 9.17) is 5.73 Å². The van der Waals surface area contributed by atoms with E-state index in [0.29, 0.717) is 5.69 Å². The number of H-pyrrole nitrogens is 1. The van der Waals surface area contributed by atoms with E-state index >= 15 is 4.79 Å². The molecule has 0 unspecified atom stereocenters. The van der Waals surface area contributed by atoms with Gasteiger partial charge < -0.3 is 197 Å². The lowest BCUT2D eigenvalue weighted by Gasteiger charge is -2.28. The van der Waals surface area contributed by atoms with Gasteiger partial charge in [0.25, 0.3) is 11.5 Å². The smallest absolute Gasteiger partial charge is 0.327 e. The van der Waals surface area contributed by atoms with Gasteiger partial charge in [0.1, 0.15) is 122 Å². The van der Waals surface area contributed by atoms with Crippen LogP contribution in [0.2, 0.25) is 0 Å². The second-order valence-corrected chi connectivity index (χ2v) is 33.6. The molecule has 0 radical (unpaired) electrons. The molecule has 1 aromatic carbocycles. The maximum atomic E-state index is 15.1. The van der Waals surface area contributed by atoms with Crippen molar-refractivity contribution in [3.8, 4) is 0 Å². The van der Waals surface area contributed by atoms with E-state index in [0.717, 1.165) is 21.6 Å². The van der Waals surface area contributed by atoms with Crippen molar-refractivity contribution < 1.29 is 199 Å². The molecule has 0 saturated heterocycles.